The van der Waals surface area contributed by atoms with Crippen molar-refractivity contribution in [2.45, 2.75) is 129 Å². The summed E-state index contributed by atoms with van der Waals surface area (Å²) in [5, 5.41) is 32.4. The number of cyclic esters (lactones) is 1. The summed E-state index contributed by atoms with van der Waals surface area (Å²) in [7, 11) is 3.77. The van der Waals surface area contributed by atoms with Crippen LogP contribution in [0.1, 0.15) is 74.7 Å². The second-order valence-electron chi connectivity index (χ2n) is 14.0. The predicted octanol–water partition coefficient (Wildman–Crippen LogP) is 3.14. The van der Waals surface area contributed by atoms with E-state index < -0.39 is 71.4 Å². The topological polar surface area (TPSA) is 148 Å². The molecule has 0 amide bonds. The van der Waals surface area contributed by atoms with E-state index in [2.05, 4.69) is 6.58 Å². The van der Waals surface area contributed by atoms with Gasteiger partial charge in [-0.2, -0.15) is 0 Å². The Hall–Kier alpha value is -1.73. The first-order valence-corrected chi connectivity index (χ1v) is 16.0. The minimum absolute atomic E-state index is 0.0379. The lowest BCUT2D eigenvalue weighted by molar-refractivity contribution is -0.296. The van der Waals surface area contributed by atoms with E-state index in [9.17, 15) is 25.2 Å². The van der Waals surface area contributed by atoms with Gasteiger partial charge in [0.15, 0.2) is 12.1 Å². The highest BCUT2D eigenvalue weighted by Crippen LogP contribution is 2.40. The second kappa shape index (κ2) is 14.4. The normalized spacial score (nSPS) is 45.3. The van der Waals surface area contributed by atoms with Crippen LogP contribution in [0, 0.1) is 29.1 Å². The molecular formula is C33H56N2O9. The van der Waals surface area contributed by atoms with Gasteiger partial charge in [-0.3, -0.25) is 9.59 Å². The molecule has 11 heteroatoms. The number of carbonyl (C=O) groups is 2. The molecule has 3 aliphatic heterocycles. The molecule has 0 aromatic carbocycles. The van der Waals surface area contributed by atoms with Crippen molar-refractivity contribution in [2.24, 2.45) is 23.7 Å². The van der Waals surface area contributed by atoms with Gasteiger partial charge in [-0.05, 0) is 72.5 Å². The molecule has 0 radical (unpaired) electrons. The van der Waals surface area contributed by atoms with E-state index in [0.29, 0.717) is 17.7 Å². The van der Waals surface area contributed by atoms with E-state index in [1.165, 1.54) is 6.92 Å². The summed E-state index contributed by atoms with van der Waals surface area (Å²) < 4.78 is 31.4. The molecule has 2 bridgehead atoms. The van der Waals surface area contributed by atoms with Gasteiger partial charge in [0.05, 0.1) is 37.1 Å². The van der Waals surface area contributed by atoms with Crippen molar-refractivity contribution in [3.8, 4) is 0 Å². The molecule has 3 N–H and O–H groups in total. The zero-order chi connectivity index (χ0) is 33.3. The molecule has 5 unspecified atom stereocenters. The largest absolute Gasteiger partial charge is 0.459 e. The van der Waals surface area contributed by atoms with Crippen molar-refractivity contribution in [3.05, 3.63) is 12.2 Å². The maximum absolute atomic E-state index is 14.1. The number of fused-ring (bicyclic) bond motifs is 5. The zero-order valence-electron chi connectivity index (χ0n) is 28.3. The monoisotopic (exact) mass is 624 g/mol. The van der Waals surface area contributed by atoms with Gasteiger partial charge < -0.3 is 44.2 Å². The third kappa shape index (κ3) is 7.62. The summed E-state index contributed by atoms with van der Waals surface area (Å²) in [4.78, 5) is 29.5. The van der Waals surface area contributed by atoms with Gasteiger partial charge in [0.25, 0.3) is 0 Å². The molecule has 3 saturated heterocycles. The molecule has 3 heterocycles. The molecule has 3 aliphatic rings. The van der Waals surface area contributed by atoms with E-state index in [1.54, 1.807) is 20.8 Å². The molecule has 0 spiro atoms. The Labute approximate surface area is 263 Å². The van der Waals surface area contributed by atoms with Crippen LogP contribution in [-0.2, 0) is 33.3 Å². The number of nitrogens with one attached hydrogen (secondary N) is 1. The Kier molecular flexibility index (Phi) is 12.0. The van der Waals surface area contributed by atoms with Crippen LogP contribution in [0.5, 0.6) is 0 Å². The van der Waals surface area contributed by atoms with Crippen LogP contribution in [0.4, 0.5) is 0 Å². The van der Waals surface area contributed by atoms with Crippen LogP contribution in [0.2, 0.25) is 0 Å². The molecule has 0 saturated carbocycles. The standard InChI is InChI=1S/C33H56N2O9/c1-12-24-33(9,39)29-20(5)25(34)18(3)14-32(8,41-16-17(2)15-40-29)28(21(6)26(36)22(7)30(38)43-24)44-31-27(37)23(35(10)11)13-19(4)42-31/h18-24,27-29,31,34,37,39H,2,12-16H2,1,3-11H3/t18?,19-,20?,21+,22-,23+,24+,27?,28?,29?,31+,32-,33-/m1/s1. The first-order valence-electron chi connectivity index (χ1n) is 16.0. The quantitative estimate of drug-likeness (QED) is 0.242. The number of aliphatic hydroxyl groups is 2. The van der Waals surface area contributed by atoms with Crippen LogP contribution >= 0.6 is 0 Å². The van der Waals surface area contributed by atoms with E-state index in [0.717, 1.165) is 0 Å². The van der Waals surface area contributed by atoms with Crippen molar-refractivity contribution in [3.63, 3.8) is 0 Å². The molecule has 13 atom stereocenters. The minimum Gasteiger partial charge on any atom is -0.459 e. The fraction of sp³-hybridized carbons (Fsp3) is 0.848. The fourth-order valence-corrected chi connectivity index (χ4v) is 7.21. The molecular weight excluding hydrogens is 568 g/mol. The van der Waals surface area contributed by atoms with Crippen LogP contribution in [0.3, 0.4) is 0 Å². The van der Waals surface area contributed by atoms with Gasteiger partial charge in [-0.15, -0.1) is 0 Å². The third-order valence-electron chi connectivity index (χ3n) is 9.96. The van der Waals surface area contributed by atoms with Crippen molar-refractivity contribution in [1.29, 1.82) is 5.41 Å². The highest BCUT2D eigenvalue weighted by molar-refractivity contribution is 6.00. The summed E-state index contributed by atoms with van der Waals surface area (Å²) in [6.45, 7) is 18.2. The smallest absolute Gasteiger partial charge is 0.316 e. The van der Waals surface area contributed by atoms with Gasteiger partial charge >= 0.3 is 5.97 Å². The van der Waals surface area contributed by atoms with Gasteiger partial charge in [0, 0.05) is 23.6 Å². The lowest BCUT2D eigenvalue weighted by atomic mass is 9.74. The SMILES string of the molecule is C=C1COC2C(C)C(=N)C(C)C[C@@](C)(OC1)C(O[C@@H]1O[C@H](C)C[C@H](N(C)C)C1O)[C@@H](C)C(=O)[C@@H](C)C(=O)O[C@@H](CC)[C@@]2(C)O. The average molecular weight is 625 g/mol. The van der Waals surface area contributed by atoms with Crippen LogP contribution in [-0.4, -0.2) is 114 Å². The lowest BCUT2D eigenvalue weighted by Gasteiger charge is -2.47. The minimum atomic E-state index is -1.67. The molecule has 252 valence electrons. The lowest BCUT2D eigenvalue weighted by Crippen LogP contribution is -2.60. The van der Waals surface area contributed by atoms with Crippen LogP contribution in [0.25, 0.3) is 0 Å². The highest BCUT2D eigenvalue weighted by atomic mass is 16.7. The summed E-state index contributed by atoms with van der Waals surface area (Å²) in [6, 6.07) is -0.246. The van der Waals surface area contributed by atoms with Gasteiger partial charge in [0.1, 0.15) is 23.7 Å². The number of esters is 1. The summed E-state index contributed by atoms with van der Waals surface area (Å²) >= 11 is 0. The number of aliphatic hydroxyl groups excluding tert-OH is 1. The number of nitrogens with zero attached hydrogens (tertiary/aromatic N) is 1. The Morgan fingerprint density at radius 1 is 1.09 bits per heavy atom. The maximum atomic E-state index is 14.1. The van der Waals surface area contributed by atoms with E-state index >= 15 is 0 Å². The number of hydrogen-bond acceptors (Lipinski definition) is 11. The van der Waals surface area contributed by atoms with Crippen LogP contribution in [0.15, 0.2) is 12.2 Å². The van der Waals surface area contributed by atoms with Crippen LogP contribution < -0.4 is 0 Å². The van der Waals surface area contributed by atoms with Crippen molar-refractivity contribution < 1.29 is 43.5 Å². The van der Waals surface area contributed by atoms with Gasteiger partial charge in [-0.25, -0.2) is 0 Å². The summed E-state index contributed by atoms with van der Waals surface area (Å²) in [5.41, 5.74) is -1.96. The number of Topliss-reactive ketones (excluding diaryl/α,β-unsaturated/α-hetero) is 1. The molecule has 0 aliphatic carbocycles. The molecule has 3 fully saturated rings. The molecule has 11 nitrogen and oxygen atoms in total. The number of ketones is 1. The Morgan fingerprint density at radius 2 is 1.73 bits per heavy atom. The van der Waals surface area contributed by atoms with E-state index in [-0.39, 0.29) is 44.1 Å². The Morgan fingerprint density at radius 3 is 2.32 bits per heavy atom. The van der Waals surface area contributed by atoms with Gasteiger partial charge in [-0.1, -0.05) is 34.3 Å². The number of likely N-dealkylation sites (N-methyl/N-ethyl adjacent to an activating group) is 1. The zero-order valence-corrected chi connectivity index (χ0v) is 28.3. The Bertz CT molecular complexity index is 1060. The third-order valence-corrected chi connectivity index (χ3v) is 9.96. The first-order chi connectivity index (χ1) is 20.3. The predicted molar refractivity (Wildman–Crippen MR) is 165 cm³/mol. The maximum Gasteiger partial charge on any atom is 0.316 e. The molecule has 0 aromatic rings. The number of carbonyl (C=O) groups excluding carboxylic acids is 2. The van der Waals surface area contributed by atoms with Crippen molar-refractivity contribution in [1.82, 2.24) is 4.90 Å². The fourth-order valence-electron chi connectivity index (χ4n) is 7.21. The van der Waals surface area contributed by atoms with Crippen molar-refractivity contribution in [2.75, 3.05) is 27.3 Å². The summed E-state index contributed by atoms with van der Waals surface area (Å²) in [6.07, 6.45) is -4.08. The first kappa shape index (κ1) is 36.7. The molecule has 44 heavy (non-hydrogen) atoms. The Balaban J connectivity index is 2.20. The molecule has 3 rings (SSSR count). The summed E-state index contributed by atoms with van der Waals surface area (Å²) in [5.74, 6) is -4.22. The molecule has 0 aromatic heterocycles. The van der Waals surface area contributed by atoms with E-state index in [4.69, 9.17) is 23.7 Å². The number of hydrogen-bond donors (Lipinski definition) is 3. The average Bonchev–Trinajstić information content (AvgIpc) is 2.97. The second-order valence-corrected chi connectivity index (χ2v) is 14.0. The van der Waals surface area contributed by atoms with Gasteiger partial charge in [0.2, 0.25) is 0 Å². The number of ether oxygens (including phenoxy) is 5. The van der Waals surface area contributed by atoms with E-state index in [1.807, 2.05) is 46.7 Å². The van der Waals surface area contributed by atoms with Crippen molar-refractivity contribution >= 4 is 17.5 Å². The highest BCUT2D eigenvalue weighted by Gasteiger charge is 2.52. The number of rotatable bonds is 4.